The molecule has 1 fully saturated rings. The Kier molecular flexibility index (Phi) is 4.58. The molecule has 0 amide bonds. The molecule has 1 saturated carbocycles. The molecule has 3 rings (SSSR count). The lowest BCUT2D eigenvalue weighted by Crippen LogP contribution is -2.23. The van der Waals surface area contributed by atoms with Crippen molar-refractivity contribution in [2.24, 2.45) is 5.92 Å². The third-order valence-electron chi connectivity index (χ3n) is 4.24. The van der Waals surface area contributed by atoms with Gasteiger partial charge in [-0.2, -0.15) is 0 Å². The first-order valence-electron chi connectivity index (χ1n) is 7.73. The predicted octanol–water partition coefficient (Wildman–Crippen LogP) is 2.60. The second-order valence-corrected chi connectivity index (χ2v) is 7.04. The summed E-state index contributed by atoms with van der Waals surface area (Å²) in [6.07, 6.45) is 6.40. The summed E-state index contributed by atoms with van der Waals surface area (Å²) >= 11 is 1.86. The van der Waals surface area contributed by atoms with E-state index in [1.807, 2.05) is 18.4 Å². The number of nitrogens with one attached hydrogen (secondary N) is 1. The van der Waals surface area contributed by atoms with E-state index in [-0.39, 0.29) is 0 Å². The zero-order valence-electron chi connectivity index (χ0n) is 12.5. The Morgan fingerprint density at radius 3 is 3.00 bits per heavy atom. The minimum atomic E-state index is 0.447. The molecule has 2 aliphatic carbocycles. The van der Waals surface area contributed by atoms with Crippen molar-refractivity contribution in [3.8, 4) is 0 Å². The molecule has 1 unspecified atom stereocenters. The number of nitrogens with zero attached hydrogens (tertiary/aromatic N) is 2. The Morgan fingerprint density at radius 2 is 2.25 bits per heavy atom. The Bertz CT molecular complexity index is 444. The van der Waals surface area contributed by atoms with Crippen molar-refractivity contribution >= 4 is 16.5 Å². The van der Waals surface area contributed by atoms with Crippen molar-refractivity contribution in [2.75, 3.05) is 38.8 Å². The molecule has 1 atom stereocenters. The van der Waals surface area contributed by atoms with Gasteiger partial charge in [-0.15, -0.1) is 11.3 Å². The van der Waals surface area contributed by atoms with Crippen LogP contribution in [0.1, 0.15) is 42.3 Å². The van der Waals surface area contributed by atoms with E-state index in [1.54, 1.807) is 0 Å². The van der Waals surface area contributed by atoms with Crippen LogP contribution in [0.3, 0.4) is 0 Å². The first-order valence-corrected chi connectivity index (χ1v) is 8.55. The molecule has 2 aliphatic rings. The van der Waals surface area contributed by atoms with Crippen molar-refractivity contribution in [3.63, 3.8) is 0 Å². The van der Waals surface area contributed by atoms with Crippen LogP contribution in [0.4, 0.5) is 5.13 Å². The summed E-state index contributed by atoms with van der Waals surface area (Å²) in [4.78, 5) is 8.56. The van der Waals surface area contributed by atoms with E-state index in [4.69, 9.17) is 9.72 Å². The van der Waals surface area contributed by atoms with E-state index >= 15 is 0 Å². The fraction of sp³-hybridized carbons (Fsp3) is 0.800. The van der Waals surface area contributed by atoms with Gasteiger partial charge in [0, 0.05) is 25.1 Å². The Morgan fingerprint density at radius 1 is 1.40 bits per heavy atom. The SMILES string of the molecule is CNC1CCCc2sc(N(C)CCOCC3CC3)nc21. The van der Waals surface area contributed by atoms with E-state index in [1.165, 1.54) is 42.7 Å². The third kappa shape index (κ3) is 3.32. The van der Waals surface area contributed by atoms with Crippen LogP contribution >= 0.6 is 11.3 Å². The fourth-order valence-corrected chi connectivity index (χ4v) is 3.83. The predicted molar refractivity (Wildman–Crippen MR) is 83.7 cm³/mol. The zero-order chi connectivity index (χ0) is 13.9. The normalized spacial score (nSPS) is 21.8. The van der Waals surface area contributed by atoms with Gasteiger partial charge in [-0.25, -0.2) is 4.98 Å². The molecule has 0 saturated heterocycles. The Labute approximate surface area is 125 Å². The van der Waals surface area contributed by atoms with Crippen molar-refractivity contribution in [3.05, 3.63) is 10.6 Å². The topological polar surface area (TPSA) is 37.4 Å². The number of aromatic nitrogens is 1. The number of ether oxygens (including phenoxy) is 1. The number of aryl methyl sites for hydroxylation is 1. The number of hydrogen-bond acceptors (Lipinski definition) is 5. The second kappa shape index (κ2) is 6.41. The monoisotopic (exact) mass is 295 g/mol. The number of likely N-dealkylation sites (N-methyl/N-ethyl adjacent to an activating group) is 1. The maximum absolute atomic E-state index is 5.72. The van der Waals surface area contributed by atoms with Gasteiger partial charge in [0.05, 0.1) is 18.3 Å². The van der Waals surface area contributed by atoms with E-state index in [2.05, 4.69) is 17.3 Å². The lowest BCUT2D eigenvalue weighted by atomic mass is 9.98. The van der Waals surface area contributed by atoms with Gasteiger partial charge < -0.3 is 15.0 Å². The van der Waals surface area contributed by atoms with E-state index in [0.29, 0.717) is 6.04 Å². The van der Waals surface area contributed by atoms with E-state index < -0.39 is 0 Å². The summed E-state index contributed by atoms with van der Waals surface area (Å²) in [5, 5.41) is 4.53. The molecule has 4 nitrogen and oxygen atoms in total. The summed E-state index contributed by atoms with van der Waals surface area (Å²) in [5.41, 5.74) is 1.28. The van der Waals surface area contributed by atoms with Crippen LogP contribution in [0.15, 0.2) is 0 Å². The first-order chi connectivity index (χ1) is 9.78. The number of rotatable bonds is 7. The average molecular weight is 295 g/mol. The van der Waals surface area contributed by atoms with Gasteiger partial charge in [0.1, 0.15) is 0 Å². The lowest BCUT2D eigenvalue weighted by molar-refractivity contribution is 0.131. The molecule has 1 heterocycles. The molecule has 5 heteroatoms. The Balaban J connectivity index is 1.54. The summed E-state index contributed by atoms with van der Waals surface area (Å²) in [6, 6.07) is 0.447. The molecular weight excluding hydrogens is 270 g/mol. The summed E-state index contributed by atoms with van der Waals surface area (Å²) in [6.45, 7) is 2.69. The number of thiazole rings is 1. The highest BCUT2D eigenvalue weighted by Crippen LogP contribution is 2.36. The van der Waals surface area contributed by atoms with E-state index in [9.17, 15) is 0 Å². The molecule has 112 valence electrons. The molecule has 0 bridgehead atoms. The molecule has 1 aromatic rings. The minimum absolute atomic E-state index is 0.447. The van der Waals surface area contributed by atoms with Crippen LogP contribution in [0, 0.1) is 5.92 Å². The second-order valence-electron chi connectivity index (χ2n) is 5.98. The third-order valence-corrected chi connectivity index (χ3v) is 5.48. The maximum atomic E-state index is 5.72. The van der Waals surface area contributed by atoms with Crippen LogP contribution in [0.2, 0.25) is 0 Å². The van der Waals surface area contributed by atoms with Gasteiger partial charge in [-0.1, -0.05) is 0 Å². The fourth-order valence-electron chi connectivity index (χ4n) is 2.68. The average Bonchev–Trinajstić information content (AvgIpc) is 3.18. The van der Waals surface area contributed by atoms with Crippen molar-refractivity contribution in [2.45, 2.75) is 38.1 Å². The van der Waals surface area contributed by atoms with Crippen LogP contribution in [0.25, 0.3) is 0 Å². The molecule has 20 heavy (non-hydrogen) atoms. The van der Waals surface area contributed by atoms with Crippen molar-refractivity contribution in [1.82, 2.24) is 10.3 Å². The van der Waals surface area contributed by atoms with Gasteiger partial charge in [-0.3, -0.25) is 0 Å². The van der Waals surface area contributed by atoms with Crippen LogP contribution in [0.5, 0.6) is 0 Å². The standard InChI is InChI=1S/C15H25N3OS/c1-16-12-4-3-5-13-14(12)17-15(20-13)18(2)8-9-19-10-11-6-7-11/h11-12,16H,3-10H2,1-2H3. The number of anilines is 1. The van der Waals surface area contributed by atoms with Crippen molar-refractivity contribution < 1.29 is 4.74 Å². The number of fused-ring (bicyclic) bond motifs is 1. The highest BCUT2D eigenvalue weighted by molar-refractivity contribution is 7.15. The lowest BCUT2D eigenvalue weighted by Gasteiger charge is -2.20. The quantitative estimate of drug-likeness (QED) is 0.785. The molecule has 0 aromatic carbocycles. The highest BCUT2D eigenvalue weighted by atomic mass is 32.1. The maximum Gasteiger partial charge on any atom is 0.185 e. The van der Waals surface area contributed by atoms with E-state index in [0.717, 1.165) is 30.8 Å². The smallest absolute Gasteiger partial charge is 0.185 e. The van der Waals surface area contributed by atoms with Crippen molar-refractivity contribution in [1.29, 1.82) is 0 Å². The molecule has 1 N–H and O–H groups in total. The summed E-state index contributed by atoms with van der Waals surface area (Å²) in [5.74, 6) is 0.851. The van der Waals surface area contributed by atoms with Crippen LogP contribution in [-0.4, -0.2) is 38.8 Å². The molecule has 0 spiro atoms. The summed E-state index contributed by atoms with van der Waals surface area (Å²) in [7, 11) is 4.16. The van der Waals surface area contributed by atoms with Gasteiger partial charge >= 0.3 is 0 Å². The molecule has 0 radical (unpaired) electrons. The van der Waals surface area contributed by atoms with Crippen LogP contribution in [-0.2, 0) is 11.2 Å². The highest BCUT2D eigenvalue weighted by Gasteiger charge is 2.24. The van der Waals surface area contributed by atoms with Crippen LogP contribution < -0.4 is 10.2 Å². The summed E-state index contributed by atoms with van der Waals surface area (Å²) < 4.78 is 5.72. The minimum Gasteiger partial charge on any atom is -0.379 e. The number of hydrogen-bond donors (Lipinski definition) is 1. The first kappa shape index (κ1) is 14.3. The Hall–Kier alpha value is -0.650. The molecular formula is C15H25N3OS. The van der Waals surface area contributed by atoms with Gasteiger partial charge in [0.25, 0.3) is 0 Å². The van der Waals surface area contributed by atoms with Gasteiger partial charge in [-0.05, 0) is 45.1 Å². The largest absolute Gasteiger partial charge is 0.379 e. The zero-order valence-corrected chi connectivity index (χ0v) is 13.3. The van der Waals surface area contributed by atoms with Gasteiger partial charge in [0.2, 0.25) is 0 Å². The van der Waals surface area contributed by atoms with Gasteiger partial charge in [0.15, 0.2) is 5.13 Å². The molecule has 1 aromatic heterocycles. The molecule has 0 aliphatic heterocycles.